The number of hydrogen-bond acceptors (Lipinski definition) is 5. The lowest BCUT2D eigenvalue weighted by Gasteiger charge is -2.41. The van der Waals surface area contributed by atoms with E-state index in [4.69, 9.17) is 4.74 Å². The Labute approximate surface area is 225 Å². The number of ether oxygens (including phenoxy) is 1. The Balaban J connectivity index is 1.50. The molecule has 2 aliphatic rings. The number of carbonyl (C=O) groups excluding carboxylic acids is 4. The summed E-state index contributed by atoms with van der Waals surface area (Å²) in [6.45, 7) is -0.618. The average Bonchev–Trinajstić information content (AvgIpc) is 3.54. The third-order valence-electron chi connectivity index (χ3n) is 7.48. The number of carbonyl (C=O) groups is 4. The van der Waals surface area contributed by atoms with Crippen molar-refractivity contribution in [3.8, 4) is 5.75 Å². The largest absolute Gasteiger partial charge is 0.497 e. The van der Waals surface area contributed by atoms with Crippen molar-refractivity contribution >= 4 is 34.9 Å². The Bertz CT molecular complexity index is 1430. The smallest absolute Gasteiger partial charge is 0.299 e. The van der Waals surface area contributed by atoms with Crippen LogP contribution >= 0.6 is 0 Å². The molecule has 3 amide bonds. The van der Waals surface area contributed by atoms with E-state index in [0.29, 0.717) is 42.8 Å². The van der Waals surface area contributed by atoms with Crippen molar-refractivity contribution in [2.75, 3.05) is 23.9 Å². The molecule has 1 N–H and O–H groups in total. The number of anilines is 2. The van der Waals surface area contributed by atoms with E-state index in [9.17, 15) is 23.6 Å². The molecule has 0 bridgehead atoms. The molecular weight excluding hydrogens is 501 g/mol. The number of nitrogens with one attached hydrogen (secondary N) is 1. The SMILES string of the molecule is COc1ccc(NC(=O)C2(N(Cc3ccccc3F)C(=O)CN3C(=O)C(=O)c4ccccc43)CCCC2)cc1. The molecule has 1 aliphatic heterocycles. The molecule has 3 aromatic carbocycles. The number of benzene rings is 3. The summed E-state index contributed by atoms with van der Waals surface area (Å²) in [6, 6.07) is 19.4. The van der Waals surface area contributed by atoms with Crippen LogP contribution < -0.4 is 15.0 Å². The maximum absolute atomic E-state index is 14.8. The van der Waals surface area contributed by atoms with Crippen LogP contribution in [-0.4, -0.2) is 47.6 Å². The van der Waals surface area contributed by atoms with Gasteiger partial charge >= 0.3 is 0 Å². The fourth-order valence-corrected chi connectivity index (χ4v) is 5.40. The molecule has 0 saturated heterocycles. The minimum atomic E-state index is -1.27. The zero-order valence-electron chi connectivity index (χ0n) is 21.5. The number of rotatable bonds is 8. The second-order valence-corrected chi connectivity index (χ2v) is 9.73. The maximum atomic E-state index is 14.8. The Morgan fingerprint density at radius 1 is 0.974 bits per heavy atom. The molecule has 8 nitrogen and oxygen atoms in total. The van der Waals surface area contributed by atoms with Crippen LogP contribution in [-0.2, 0) is 20.9 Å². The molecule has 0 spiro atoms. The van der Waals surface area contributed by atoms with Crippen molar-refractivity contribution in [2.45, 2.75) is 37.8 Å². The molecule has 5 rings (SSSR count). The summed E-state index contributed by atoms with van der Waals surface area (Å²) < 4.78 is 20.0. The van der Waals surface area contributed by atoms with Gasteiger partial charge in [-0.25, -0.2) is 4.39 Å². The summed E-state index contributed by atoms with van der Waals surface area (Å²) in [5, 5.41) is 2.92. The van der Waals surface area contributed by atoms with E-state index in [-0.39, 0.29) is 23.6 Å². The number of fused-ring (bicyclic) bond motifs is 1. The molecule has 200 valence electrons. The average molecular weight is 530 g/mol. The van der Waals surface area contributed by atoms with Crippen LogP contribution in [0.4, 0.5) is 15.8 Å². The quantitative estimate of drug-likeness (QED) is 0.438. The van der Waals surface area contributed by atoms with Gasteiger partial charge in [0.15, 0.2) is 0 Å². The predicted molar refractivity (Wildman–Crippen MR) is 143 cm³/mol. The van der Waals surface area contributed by atoms with Gasteiger partial charge in [-0.2, -0.15) is 0 Å². The molecule has 1 aliphatic carbocycles. The number of halogens is 1. The standard InChI is InChI=1S/C30H28FN3O5/c1-39-22-14-12-21(13-15-22)32-29(38)30(16-6-7-17-30)34(18-20-8-2-4-10-24(20)31)26(35)19-33-25-11-5-3-9-23(25)27(36)28(33)37/h2-5,8-15H,6-7,16-19H2,1H3,(H,32,38). The monoisotopic (exact) mass is 529 g/mol. The summed E-state index contributed by atoms with van der Waals surface area (Å²) in [4.78, 5) is 55.8. The van der Waals surface area contributed by atoms with Gasteiger partial charge in [0.1, 0.15) is 23.7 Å². The fourth-order valence-electron chi connectivity index (χ4n) is 5.40. The van der Waals surface area contributed by atoms with Crippen LogP contribution in [0.3, 0.4) is 0 Å². The number of amides is 3. The van der Waals surface area contributed by atoms with Crippen molar-refractivity contribution in [1.29, 1.82) is 0 Å². The Morgan fingerprint density at radius 3 is 2.33 bits per heavy atom. The van der Waals surface area contributed by atoms with E-state index < -0.39 is 35.5 Å². The van der Waals surface area contributed by atoms with Crippen molar-refractivity contribution in [2.24, 2.45) is 0 Å². The highest BCUT2D eigenvalue weighted by Gasteiger charge is 2.49. The lowest BCUT2D eigenvalue weighted by atomic mass is 9.92. The van der Waals surface area contributed by atoms with Gasteiger partial charge in [-0.3, -0.25) is 24.1 Å². The van der Waals surface area contributed by atoms with Crippen LogP contribution in [0.5, 0.6) is 5.75 Å². The van der Waals surface area contributed by atoms with Gasteiger partial charge in [-0.1, -0.05) is 43.2 Å². The number of Topliss-reactive ketones (excluding diaryl/α,β-unsaturated/α-hetero) is 1. The third kappa shape index (κ3) is 4.87. The van der Waals surface area contributed by atoms with Gasteiger partial charge in [0.05, 0.1) is 18.4 Å². The van der Waals surface area contributed by atoms with Crippen LogP contribution in [0, 0.1) is 5.82 Å². The van der Waals surface area contributed by atoms with E-state index >= 15 is 0 Å². The summed E-state index contributed by atoms with van der Waals surface area (Å²) >= 11 is 0. The van der Waals surface area contributed by atoms with Gasteiger partial charge < -0.3 is 15.0 Å². The first kappa shape index (κ1) is 26.1. The molecule has 1 saturated carbocycles. The van der Waals surface area contributed by atoms with Crippen molar-refractivity contribution in [3.05, 3.63) is 89.7 Å². The van der Waals surface area contributed by atoms with E-state index in [1.54, 1.807) is 67.8 Å². The van der Waals surface area contributed by atoms with E-state index in [2.05, 4.69) is 5.32 Å². The van der Waals surface area contributed by atoms with Crippen LogP contribution in [0.1, 0.15) is 41.6 Å². The first-order chi connectivity index (χ1) is 18.8. The predicted octanol–water partition coefficient (Wildman–Crippen LogP) is 4.34. The first-order valence-electron chi connectivity index (χ1n) is 12.8. The zero-order valence-corrected chi connectivity index (χ0v) is 21.5. The highest BCUT2D eigenvalue weighted by atomic mass is 19.1. The lowest BCUT2D eigenvalue weighted by molar-refractivity contribution is -0.145. The third-order valence-corrected chi connectivity index (χ3v) is 7.48. The van der Waals surface area contributed by atoms with E-state index in [0.717, 1.165) is 4.90 Å². The highest BCUT2D eigenvalue weighted by Crippen LogP contribution is 2.39. The van der Waals surface area contributed by atoms with Crippen molar-refractivity contribution < 1.29 is 28.3 Å². The molecule has 0 aromatic heterocycles. The molecule has 1 heterocycles. The van der Waals surface area contributed by atoms with Crippen LogP contribution in [0.25, 0.3) is 0 Å². The van der Waals surface area contributed by atoms with Crippen molar-refractivity contribution in [3.63, 3.8) is 0 Å². The molecule has 0 unspecified atom stereocenters. The molecule has 0 atom stereocenters. The normalized spacial score (nSPS) is 15.7. The van der Waals surface area contributed by atoms with Crippen LogP contribution in [0.2, 0.25) is 0 Å². The minimum Gasteiger partial charge on any atom is -0.497 e. The number of hydrogen-bond donors (Lipinski definition) is 1. The Morgan fingerprint density at radius 2 is 1.64 bits per heavy atom. The first-order valence-corrected chi connectivity index (χ1v) is 12.8. The Hall–Kier alpha value is -4.53. The number of ketones is 1. The summed E-state index contributed by atoms with van der Waals surface area (Å²) in [5.41, 5.74) is 0.0721. The highest BCUT2D eigenvalue weighted by molar-refractivity contribution is 6.52. The minimum absolute atomic E-state index is 0.167. The molecule has 9 heteroatoms. The summed E-state index contributed by atoms with van der Waals surface area (Å²) in [6.07, 6.45) is 2.14. The van der Waals surface area contributed by atoms with Crippen LogP contribution in [0.15, 0.2) is 72.8 Å². The number of para-hydroxylation sites is 1. The molecule has 1 fully saturated rings. The molecule has 39 heavy (non-hydrogen) atoms. The van der Waals surface area contributed by atoms with Gasteiger partial charge in [0.25, 0.3) is 11.7 Å². The van der Waals surface area contributed by atoms with Crippen molar-refractivity contribution in [1.82, 2.24) is 4.90 Å². The second-order valence-electron chi connectivity index (χ2n) is 9.73. The van der Waals surface area contributed by atoms with Gasteiger partial charge in [0.2, 0.25) is 11.8 Å². The zero-order chi connectivity index (χ0) is 27.6. The maximum Gasteiger partial charge on any atom is 0.299 e. The molecule has 3 aromatic rings. The number of nitrogens with zero attached hydrogens (tertiary/aromatic N) is 2. The summed E-state index contributed by atoms with van der Waals surface area (Å²) in [5.74, 6) is -2.31. The Kier molecular flexibility index (Phi) is 7.15. The van der Waals surface area contributed by atoms with E-state index in [1.165, 1.54) is 17.0 Å². The lowest BCUT2D eigenvalue weighted by Crippen LogP contribution is -2.59. The molecule has 0 radical (unpaired) electrons. The van der Waals surface area contributed by atoms with Gasteiger partial charge in [-0.05, 0) is 55.3 Å². The van der Waals surface area contributed by atoms with Gasteiger partial charge in [0, 0.05) is 17.8 Å². The fraction of sp³-hybridized carbons (Fsp3) is 0.267. The van der Waals surface area contributed by atoms with Gasteiger partial charge in [-0.15, -0.1) is 0 Å². The second kappa shape index (κ2) is 10.7. The topological polar surface area (TPSA) is 96.0 Å². The molecular formula is C30H28FN3O5. The van der Waals surface area contributed by atoms with E-state index in [1.807, 2.05) is 0 Å². The number of methoxy groups -OCH3 is 1. The summed E-state index contributed by atoms with van der Waals surface area (Å²) in [7, 11) is 1.55.